The summed E-state index contributed by atoms with van der Waals surface area (Å²) in [5.74, 6) is 0.494. The molecule has 0 aromatic heterocycles. The minimum atomic E-state index is -0.366. The van der Waals surface area contributed by atoms with Crippen molar-refractivity contribution in [2.24, 2.45) is 5.92 Å². The second-order valence-electron chi connectivity index (χ2n) is 5.08. The smallest absolute Gasteiger partial charge is 0.0745 e. The van der Waals surface area contributed by atoms with Crippen molar-refractivity contribution in [3.05, 3.63) is 0 Å². The van der Waals surface area contributed by atoms with Gasteiger partial charge in [0, 0.05) is 0 Å². The van der Waals surface area contributed by atoms with Crippen LogP contribution in [0.1, 0.15) is 60.3 Å². The van der Waals surface area contributed by atoms with E-state index in [9.17, 15) is 5.11 Å². The third-order valence-corrected chi connectivity index (χ3v) is 3.15. The van der Waals surface area contributed by atoms with Crippen LogP contribution in [0.3, 0.4) is 0 Å². The normalized spacial score (nSPS) is 17.8. The molecule has 0 saturated carbocycles. The second kappa shape index (κ2) is 7.24. The summed E-state index contributed by atoms with van der Waals surface area (Å²) in [6.07, 6.45) is 4.44. The molecule has 0 saturated heterocycles. The molecule has 0 fully saturated rings. The molecule has 1 N–H and O–H groups in total. The van der Waals surface area contributed by atoms with Gasteiger partial charge in [0.2, 0.25) is 0 Å². The van der Waals surface area contributed by atoms with E-state index in [1.165, 1.54) is 19.3 Å². The molecule has 0 aliphatic carbocycles. The highest BCUT2D eigenvalue weighted by Crippen LogP contribution is 2.28. The summed E-state index contributed by atoms with van der Waals surface area (Å²) in [7, 11) is 0. The highest BCUT2D eigenvalue weighted by molar-refractivity contribution is 4.79. The van der Waals surface area contributed by atoms with Crippen molar-refractivity contribution in [2.45, 2.75) is 72.0 Å². The van der Waals surface area contributed by atoms with Gasteiger partial charge in [-0.05, 0) is 26.2 Å². The molecule has 0 aliphatic heterocycles. The minimum Gasteiger partial charge on any atom is -0.391 e. The molecule has 92 valence electrons. The maximum atomic E-state index is 9.24. The zero-order chi connectivity index (χ0) is 11.9. The van der Waals surface area contributed by atoms with Crippen molar-refractivity contribution >= 4 is 0 Å². The first kappa shape index (κ1) is 14.9. The Hall–Kier alpha value is -0.0800. The first-order valence-corrected chi connectivity index (χ1v) is 6.24. The standard InChI is InChI=1S/C13H28O2/c1-6-7-8-9-13(5,11(2)3)15-10-12(4)14/h11-12,14H,6-10H2,1-5H3. The lowest BCUT2D eigenvalue weighted by Gasteiger charge is -2.34. The maximum Gasteiger partial charge on any atom is 0.0745 e. The van der Waals surface area contributed by atoms with Gasteiger partial charge < -0.3 is 9.84 Å². The lowest BCUT2D eigenvalue weighted by molar-refractivity contribution is -0.0969. The molecule has 0 amide bonds. The highest BCUT2D eigenvalue weighted by Gasteiger charge is 2.28. The van der Waals surface area contributed by atoms with Crippen molar-refractivity contribution < 1.29 is 9.84 Å². The molecule has 2 unspecified atom stereocenters. The Bertz CT molecular complexity index is 155. The quantitative estimate of drug-likeness (QED) is 0.630. The third-order valence-electron chi connectivity index (χ3n) is 3.15. The lowest BCUT2D eigenvalue weighted by atomic mass is 9.87. The van der Waals surface area contributed by atoms with Crippen molar-refractivity contribution in [1.82, 2.24) is 0 Å². The topological polar surface area (TPSA) is 29.5 Å². The highest BCUT2D eigenvalue weighted by atomic mass is 16.5. The van der Waals surface area contributed by atoms with Gasteiger partial charge in [0.25, 0.3) is 0 Å². The van der Waals surface area contributed by atoms with Gasteiger partial charge in [0.05, 0.1) is 18.3 Å². The Morgan fingerprint density at radius 2 is 1.80 bits per heavy atom. The Morgan fingerprint density at radius 3 is 2.20 bits per heavy atom. The molecule has 0 aliphatic rings. The molecule has 0 heterocycles. The maximum absolute atomic E-state index is 9.24. The Balaban J connectivity index is 4.07. The fourth-order valence-corrected chi connectivity index (χ4v) is 1.56. The summed E-state index contributed by atoms with van der Waals surface area (Å²) in [6.45, 7) is 11.0. The average Bonchev–Trinajstić information content (AvgIpc) is 2.15. The van der Waals surface area contributed by atoms with Gasteiger partial charge in [0.1, 0.15) is 0 Å². The van der Waals surface area contributed by atoms with Gasteiger partial charge in [0.15, 0.2) is 0 Å². The van der Waals surface area contributed by atoms with Crippen molar-refractivity contribution in [3.63, 3.8) is 0 Å². The van der Waals surface area contributed by atoms with Gasteiger partial charge in [-0.2, -0.15) is 0 Å². The van der Waals surface area contributed by atoms with E-state index in [-0.39, 0.29) is 11.7 Å². The van der Waals surface area contributed by atoms with Crippen LogP contribution in [-0.2, 0) is 4.74 Å². The van der Waals surface area contributed by atoms with Crippen LogP contribution >= 0.6 is 0 Å². The van der Waals surface area contributed by atoms with Gasteiger partial charge in [-0.1, -0.05) is 40.0 Å². The van der Waals surface area contributed by atoms with Gasteiger partial charge in [-0.3, -0.25) is 0 Å². The van der Waals surface area contributed by atoms with E-state index in [4.69, 9.17) is 4.74 Å². The van der Waals surface area contributed by atoms with Crippen LogP contribution in [0.15, 0.2) is 0 Å². The summed E-state index contributed by atoms with van der Waals surface area (Å²) in [6, 6.07) is 0. The van der Waals surface area contributed by atoms with Crippen LogP contribution in [0.25, 0.3) is 0 Å². The van der Waals surface area contributed by atoms with Crippen molar-refractivity contribution in [1.29, 1.82) is 0 Å². The van der Waals surface area contributed by atoms with Crippen LogP contribution in [0, 0.1) is 5.92 Å². The summed E-state index contributed by atoms with van der Waals surface area (Å²) in [5.41, 5.74) is -0.0772. The van der Waals surface area contributed by atoms with E-state index in [0.29, 0.717) is 12.5 Å². The number of hydrogen-bond acceptors (Lipinski definition) is 2. The fraction of sp³-hybridized carbons (Fsp3) is 1.00. The molecule has 0 aromatic carbocycles. The molecular formula is C13H28O2. The molecule has 0 spiro atoms. The zero-order valence-corrected chi connectivity index (χ0v) is 11.0. The number of aliphatic hydroxyl groups excluding tert-OH is 1. The Labute approximate surface area is 95.0 Å². The molecule has 2 nitrogen and oxygen atoms in total. The van der Waals surface area contributed by atoms with Crippen molar-refractivity contribution in [2.75, 3.05) is 6.61 Å². The molecule has 0 bridgehead atoms. The van der Waals surface area contributed by atoms with Gasteiger partial charge in [-0.25, -0.2) is 0 Å². The molecule has 2 heteroatoms. The lowest BCUT2D eigenvalue weighted by Crippen LogP contribution is -2.37. The minimum absolute atomic E-state index is 0.0772. The Kier molecular flexibility index (Phi) is 7.20. The summed E-state index contributed by atoms with van der Waals surface area (Å²) >= 11 is 0. The monoisotopic (exact) mass is 216 g/mol. The predicted octanol–water partition coefficient (Wildman–Crippen LogP) is 3.38. The average molecular weight is 216 g/mol. The van der Waals surface area contributed by atoms with Crippen LogP contribution in [-0.4, -0.2) is 23.4 Å². The largest absolute Gasteiger partial charge is 0.391 e. The number of aliphatic hydroxyl groups is 1. The molecule has 0 rings (SSSR count). The Morgan fingerprint density at radius 1 is 1.20 bits per heavy atom. The van der Waals surface area contributed by atoms with Gasteiger partial charge >= 0.3 is 0 Å². The number of rotatable bonds is 8. The fourth-order valence-electron chi connectivity index (χ4n) is 1.56. The van der Waals surface area contributed by atoms with Crippen LogP contribution in [0.4, 0.5) is 0 Å². The molecule has 0 aromatic rings. The van der Waals surface area contributed by atoms with Crippen LogP contribution in [0.5, 0.6) is 0 Å². The second-order valence-corrected chi connectivity index (χ2v) is 5.08. The van der Waals surface area contributed by atoms with E-state index in [1.807, 2.05) is 0 Å². The first-order valence-electron chi connectivity index (χ1n) is 6.24. The number of ether oxygens (including phenoxy) is 1. The molecule has 2 atom stereocenters. The SMILES string of the molecule is CCCCCC(C)(OCC(C)O)C(C)C. The van der Waals surface area contributed by atoms with E-state index in [2.05, 4.69) is 27.7 Å². The van der Waals surface area contributed by atoms with Crippen LogP contribution < -0.4 is 0 Å². The summed E-state index contributed by atoms with van der Waals surface area (Å²) < 4.78 is 5.85. The summed E-state index contributed by atoms with van der Waals surface area (Å²) in [5, 5.41) is 9.24. The third kappa shape index (κ3) is 6.16. The zero-order valence-electron chi connectivity index (χ0n) is 11.0. The molecule has 0 radical (unpaired) electrons. The van der Waals surface area contributed by atoms with E-state index in [1.54, 1.807) is 6.92 Å². The number of unbranched alkanes of at least 4 members (excludes halogenated alkanes) is 2. The molecule has 15 heavy (non-hydrogen) atoms. The molecular weight excluding hydrogens is 188 g/mol. The predicted molar refractivity (Wildman–Crippen MR) is 65.0 cm³/mol. The number of hydrogen-bond donors (Lipinski definition) is 1. The van der Waals surface area contributed by atoms with E-state index < -0.39 is 0 Å². The van der Waals surface area contributed by atoms with Gasteiger partial charge in [-0.15, -0.1) is 0 Å². The van der Waals surface area contributed by atoms with E-state index >= 15 is 0 Å². The van der Waals surface area contributed by atoms with E-state index in [0.717, 1.165) is 6.42 Å². The van der Waals surface area contributed by atoms with Crippen molar-refractivity contribution in [3.8, 4) is 0 Å². The summed E-state index contributed by atoms with van der Waals surface area (Å²) in [4.78, 5) is 0. The first-order chi connectivity index (χ1) is 6.92. The van der Waals surface area contributed by atoms with Crippen LogP contribution in [0.2, 0.25) is 0 Å².